The maximum absolute atomic E-state index is 12.5. The lowest BCUT2D eigenvalue weighted by atomic mass is 10.0. The van der Waals surface area contributed by atoms with Crippen molar-refractivity contribution in [1.82, 2.24) is 0 Å². The Labute approximate surface area is 118 Å². The molecule has 0 fully saturated rings. The van der Waals surface area contributed by atoms with Gasteiger partial charge in [-0.05, 0) is 47.9 Å². The summed E-state index contributed by atoms with van der Waals surface area (Å²) >= 11 is 0. The fraction of sp³-hybridized carbons (Fsp3) is 0.294. The van der Waals surface area contributed by atoms with Crippen molar-refractivity contribution in [2.75, 3.05) is 0 Å². The standard InChI is InChI=1S/C17H18FNO/c1-14(6-3-2-4-9-19)10-17(20)12-15-7-5-8-16(11-15)13-18/h2-3,5,7-8,11,17,19-20H,10,12-13H2,1H3/t6?,17-/m0/s1. The van der Waals surface area contributed by atoms with Gasteiger partial charge in [-0.25, -0.2) is 4.39 Å². The van der Waals surface area contributed by atoms with E-state index in [0.717, 1.165) is 11.1 Å². The van der Waals surface area contributed by atoms with Gasteiger partial charge in [-0.1, -0.05) is 24.3 Å². The number of nitrogens with one attached hydrogen (secondary N) is 1. The number of halogens is 1. The maximum atomic E-state index is 12.5. The van der Waals surface area contributed by atoms with Crippen molar-refractivity contribution in [2.45, 2.75) is 32.5 Å². The molecule has 104 valence electrons. The van der Waals surface area contributed by atoms with Crippen LogP contribution in [-0.2, 0) is 13.1 Å². The Balaban J connectivity index is 2.62. The Morgan fingerprint density at radius 3 is 2.85 bits per heavy atom. The van der Waals surface area contributed by atoms with Crippen LogP contribution in [0.15, 0.2) is 53.5 Å². The second kappa shape index (κ2) is 8.87. The Hall–Kier alpha value is -2.14. The molecule has 0 amide bonds. The van der Waals surface area contributed by atoms with E-state index < -0.39 is 12.8 Å². The van der Waals surface area contributed by atoms with Crippen molar-refractivity contribution in [3.63, 3.8) is 0 Å². The van der Waals surface area contributed by atoms with E-state index in [9.17, 15) is 9.50 Å². The predicted octanol–water partition coefficient (Wildman–Crippen LogP) is 3.51. The average molecular weight is 271 g/mol. The minimum absolute atomic E-state index is 0.488. The number of aliphatic hydroxyl groups is 1. The molecule has 0 bridgehead atoms. The molecule has 0 aliphatic rings. The third-order valence-corrected chi connectivity index (χ3v) is 2.73. The number of aliphatic hydroxyl groups excluding tert-OH is 1. The molecular weight excluding hydrogens is 253 g/mol. The number of alkyl halides is 1. The first-order valence-corrected chi connectivity index (χ1v) is 6.38. The van der Waals surface area contributed by atoms with E-state index in [1.54, 1.807) is 24.3 Å². The molecular formula is C17H18FNO. The lowest BCUT2D eigenvalue weighted by Crippen LogP contribution is -2.10. The zero-order valence-corrected chi connectivity index (χ0v) is 11.5. The van der Waals surface area contributed by atoms with Crippen LogP contribution in [0.3, 0.4) is 0 Å². The molecule has 0 spiro atoms. The van der Waals surface area contributed by atoms with E-state index in [1.165, 1.54) is 6.08 Å². The molecule has 1 aromatic rings. The van der Waals surface area contributed by atoms with Crippen molar-refractivity contribution >= 4 is 5.87 Å². The minimum Gasteiger partial charge on any atom is -0.392 e. The summed E-state index contributed by atoms with van der Waals surface area (Å²) in [6.07, 6.45) is 3.63. The van der Waals surface area contributed by atoms with E-state index in [0.29, 0.717) is 18.4 Å². The Morgan fingerprint density at radius 1 is 1.40 bits per heavy atom. The number of hydrogen-bond acceptors (Lipinski definition) is 2. The minimum atomic E-state index is -0.520. The SMILES string of the molecule is CC(=C=CC=C=C=N)C[C@H](O)Cc1cccc(CF)c1. The number of hydrogen-bond donors (Lipinski definition) is 2. The van der Waals surface area contributed by atoms with Crippen LogP contribution in [0.1, 0.15) is 24.5 Å². The lowest BCUT2D eigenvalue weighted by molar-refractivity contribution is 0.175. The molecule has 1 atom stereocenters. The lowest BCUT2D eigenvalue weighted by Gasteiger charge is -2.10. The normalized spacial score (nSPS) is 10.8. The van der Waals surface area contributed by atoms with E-state index in [4.69, 9.17) is 5.41 Å². The topological polar surface area (TPSA) is 44.1 Å². The fourth-order valence-electron chi connectivity index (χ4n) is 1.86. The molecule has 0 saturated carbocycles. The summed E-state index contributed by atoms with van der Waals surface area (Å²) in [5.41, 5.74) is 7.92. The van der Waals surface area contributed by atoms with Crippen LogP contribution >= 0.6 is 0 Å². The van der Waals surface area contributed by atoms with Crippen LogP contribution in [0.4, 0.5) is 4.39 Å². The van der Waals surface area contributed by atoms with E-state index >= 15 is 0 Å². The Morgan fingerprint density at radius 2 is 2.15 bits per heavy atom. The number of rotatable bonds is 6. The van der Waals surface area contributed by atoms with E-state index in [2.05, 4.69) is 11.5 Å². The van der Waals surface area contributed by atoms with Crippen molar-refractivity contribution in [3.05, 3.63) is 64.6 Å². The summed E-state index contributed by atoms with van der Waals surface area (Å²) in [6, 6.07) is 7.19. The van der Waals surface area contributed by atoms with E-state index in [-0.39, 0.29) is 0 Å². The molecule has 1 aromatic carbocycles. The maximum Gasteiger partial charge on any atom is 0.115 e. The Bertz CT molecular complexity index is 587. The third-order valence-electron chi connectivity index (χ3n) is 2.73. The van der Waals surface area contributed by atoms with Gasteiger partial charge in [-0.3, -0.25) is 5.41 Å². The van der Waals surface area contributed by atoms with Crippen LogP contribution in [-0.4, -0.2) is 17.1 Å². The molecule has 2 nitrogen and oxygen atoms in total. The first-order valence-electron chi connectivity index (χ1n) is 6.38. The van der Waals surface area contributed by atoms with E-state index in [1.807, 2.05) is 18.9 Å². The molecule has 0 radical (unpaired) electrons. The molecule has 3 heteroatoms. The van der Waals surface area contributed by atoms with Gasteiger partial charge in [0.1, 0.15) is 6.67 Å². The summed E-state index contributed by atoms with van der Waals surface area (Å²) < 4.78 is 12.5. The predicted molar refractivity (Wildman–Crippen MR) is 78.7 cm³/mol. The molecule has 0 aliphatic heterocycles. The van der Waals surface area contributed by atoms with Crippen molar-refractivity contribution in [3.8, 4) is 0 Å². The quantitative estimate of drug-likeness (QED) is 0.464. The van der Waals surface area contributed by atoms with Gasteiger partial charge in [-0.2, -0.15) is 0 Å². The van der Waals surface area contributed by atoms with Gasteiger partial charge in [0.2, 0.25) is 0 Å². The summed E-state index contributed by atoms with van der Waals surface area (Å²) in [5, 5.41) is 16.6. The number of allylic oxidation sites excluding steroid dienone is 1. The van der Waals surface area contributed by atoms with Crippen LogP contribution in [0.25, 0.3) is 0 Å². The van der Waals surface area contributed by atoms with Gasteiger partial charge >= 0.3 is 0 Å². The molecule has 0 unspecified atom stereocenters. The summed E-state index contributed by atoms with van der Waals surface area (Å²) in [7, 11) is 0. The highest BCUT2D eigenvalue weighted by Gasteiger charge is 2.06. The highest BCUT2D eigenvalue weighted by molar-refractivity contribution is 5.46. The first kappa shape index (κ1) is 15.9. The molecule has 0 saturated heterocycles. The highest BCUT2D eigenvalue weighted by atomic mass is 19.1. The summed E-state index contributed by atoms with van der Waals surface area (Å²) in [4.78, 5) is 0. The Kier molecular flexibility index (Phi) is 7.06. The zero-order valence-electron chi connectivity index (χ0n) is 11.5. The van der Waals surface area contributed by atoms with Crippen LogP contribution in [0.2, 0.25) is 0 Å². The van der Waals surface area contributed by atoms with Gasteiger partial charge < -0.3 is 5.11 Å². The largest absolute Gasteiger partial charge is 0.392 e. The molecule has 0 aromatic heterocycles. The van der Waals surface area contributed by atoms with Gasteiger partial charge in [0, 0.05) is 12.3 Å². The van der Waals surface area contributed by atoms with Crippen LogP contribution in [0, 0.1) is 5.41 Å². The average Bonchev–Trinajstić information content (AvgIpc) is 2.43. The van der Waals surface area contributed by atoms with Gasteiger partial charge in [0.25, 0.3) is 0 Å². The van der Waals surface area contributed by atoms with Gasteiger partial charge in [-0.15, -0.1) is 5.73 Å². The second-order valence-electron chi connectivity index (χ2n) is 4.54. The first-order chi connectivity index (χ1) is 9.65. The van der Waals surface area contributed by atoms with Crippen molar-refractivity contribution in [1.29, 1.82) is 5.41 Å². The fourth-order valence-corrected chi connectivity index (χ4v) is 1.86. The van der Waals surface area contributed by atoms with Crippen LogP contribution < -0.4 is 0 Å². The smallest absolute Gasteiger partial charge is 0.115 e. The summed E-state index contributed by atoms with van der Waals surface area (Å²) in [5.74, 6) is 2.01. The molecule has 1 rings (SSSR count). The second-order valence-corrected chi connectivity index (χ2v) is 4.54. The van der Waals surface area contributed by atoms with Crippen molar-refractivity contribution in [2.24, 2.45) is 0 Å². The highest BCUT2D eigenvalue weighted by Crippen LogP contribution is 2.12. The van der Waals surface area contributed by atoms with Gasteiger partial charge in [0.05, 0.1) is 6.10 Å². The van der Waals surface area contributed by atoms with Gasteiger partial charge in [0.15, 0.2) is 0 Å². The summed E-state index contributed by atoms with van der Waals surface area (Å²) in [6.45, 7) is 1.39. The van der Waals surface area contributed by atoms with Crippen LogP contribution in [0.5, 0.6) is 0 Å². The van der Waals surface area contributed by atoms with Crippen molar-refractivity contribution < 1.29 is 9.50 Å². The number of benzene rings is 1. The molecule has 0 heterocycles. The molecule has 2 N–H and O–H groups in total. The third kappa shape index (κ3) is 6.15. The molecule has 20 heavy (non-hydrogen) atoms. The monoisotopic (exact) mass is 271 g/mol. The zero-order chi connectivity index (χ0) is 14.8. The molecule has 0 aliphatic carbocycles.